The zero-order valence-electron chi connectivity index (χ0n) is 10.9. The summed E-state index contributed by atoms with van der Waals surface area (Å²) in [5.41, 5.74) is -0.696. The predicted molar refractivity (Wildman–Crippen MR) is 65.4 cm³/mol. The minimum Gasteiger partial charge on any atom is -0.380 e. The summed E-state index contributed by atoms with van der Waals surface area (Å²) < 4.78 is 0. The molecule has 3 nitrogen and oxygen atoms in total. The van der Waals surface area contributed by atoms with Gasteiger partial charge in [-0.25, -0.2) is 0 Å². The van der Waals surface area contributed by atoms with Crippen LogP contribution in [0.25, 0.3) is 0 Å². The molecular weight excluding hydrogens is 214 g/mol. The van der Waals surface area contributed by atoms with Crippen molar-refractivity contribution in [2.45, 2.75) is 64.0 Å². The van der Waals surface area contributed by atoms with Gasteiger partial charge in [0.05, 0.1) is 0 Å². The first kappa shape index (κ1) is 11.5. The van der Waals surface area contributed by atoms with Crippen LogP contribution in [0, 0.1) is 11.3 Å². The summed E-state index contributed by atoms with van der Waals surface area (Å²) in [6, 6.07) is 0.313. The largest absolute Gasteiger partial charge is 0.380 e. The highest BCUT2D eigenvalue weighted by atomic mass is 16.3. The van der Waals surface area contributed by atoms with E-state index in [2.05, 4.69) is 6.92 Å². The quantitative estimate of drug-likeness (QED) is 0.797. The maximum absolute atomic E-state index is 12.5. The van der Waals surface area contributed by atoms with Gasteiger partial charge in [0.1, 0.15) is 5.60 Å². The molecule has 3 aliphatic rings. The minimum atomic E-state index is -1.11. The molecule has 1 N–H and O–H groups in total. The summed E-state index contributed by atoms with van der Waals surface area (Å²) in [5, 5.41) is 10.4. The van der Waals surface area contributed by atoms with Gasteiger partial charge in [-0.1, -0.05) is 6.42 Å². The minimum absolute atomic E-state index is 0.0173. The Hall–Kier alpha value is -0.570. The van der Waals surface area contributed by atoms with Crippen molar-refractivity contribution in [2.75, 3.05) is 6.54 Å². The van der Waals surface area contributed by atoms with Gasteiger partial charge in [-0.2, -0.15) is 0 Å². The van der Waals surface area contributed by atoms with Gasteiger partial charge in [0, 0.05) is 12.6 Å². The number of carbonyl (C=O) groups excluding carboxylic acids is 1. The fourth-order valence-electron chi connectivity index (χ4n) is 3.74. The van der Waals surface area contributed by atoms with Gasteiger partial charge in [0.2, 0.25) is 0 Å². The summed E-state index contributed by atoms with van der Waals surface area (Å²) in [4.78, 5) is 14.4. The van der Waals surface area contributed by atoms with Crippen LogP contribution in [0.4, 0.5) is 0 Å². The number of hydrogen-bond acceptors (Lipinski definition) is 2. The standard InChI is InChI=1S/C14H23NO2/c1-10-8-14(6-3-7-14)9-15(10)12(16)13(2,17)11-4-5-11/h10-11,17H,3-9H2,1-2H3. The van der Waals surface area contributed by atoms with Gasteiger partial charge < -0.3 is 10.0 Å². The lowest BCUT2D eigenvalue weighted by molar-refractivity contribution is -0.152. The molecule has 1 heterocycles. The first-order valence-electron chi connectivity index (χ1n) is 6.98. The second-order valence-electron chi connectivity index (χ2n) is 6.76. The van der Waals surface area contributed by atoms with Crippen LogP contribution in [0.2, 0.25) is 0 Å². The number of likely N-dealkylation sites (tertiary alicyclic amines) is 1. The number of rotatable bonds is 2. The third-order valence-corrected chi connectivity index (χ3v) is 5.25. The molecule has 96 valence electrons. The molecule has 1 aliphatic heterocycles. The second-order valence-corrected chi connectivity index (χ2v) is 6.76. The smallest absolute Gasteiger partial charge is 0.254 e. The number of amides is 1. The molecule has 1 spiro atoms. The van der Waals surface area contributed by atoms with E-state index in [9.17, 15) is 9.90 Å². The van der Waals surface area contributed by atoms with Crippen LogP contribution in [-0.4, -0.2) is 34.1 Å². The molecule has 1 saturated heterocycles. The third-order valence-electron chi connectivity index (χ3n) is 5.25. The Bertz CT molecular complexity index is 342. The van der Waals surface area contributed by atoms with Crippen molar-refractivity contribution in [3.8, 4) is 0 Å². The van der Waals surface area contributed by atoms with E-state index in [0.29, 0.717) is 11.5 Å². The van der Waals surface area contributed by atoms with Crippen molar-refractivity contribution in [3.63, 3.8) is 0 Å². The average molecular weight is 237 g/mol. The highest BCUT2D eigenvalue weighted by molar-refractivity contribution is 5.86. The molecule has 0 aromatic carbocycles. The van der Waals surface area contributed by atoms with Crippen molar-refractivity contribution in [3.05, 3.63) is 0 Å². The summed E-state index contributed by atoms with van der Waals surface area (Å²) in [5.74, 6) is 0.191. The normalized spacial score (nSPS) is 34.5. The Labute approximate surface area is 103 Å². The van der Waals surface area contributed by atoms with E-state index < -0.39 is 5.60 Å². The fraction of sp³-hybridized carbons (Fsp3) is 0.929. The van der Waals surface area contributed by atoms with Crippen molar-refractivity contribution < 1.29 is 9.90 Å². The molecular formula is C14H23NO2. The number of nitrogens with zero attached hydrogens (tertiary/aromatic N) is 1. The molecule has 3 fully saturated rings. The van der Waals surface area contributed by atoms with Crippen LogP contribution in [0.5, 0.6) is 0 Å². The van der Waals surface area contributed by atoms with E-state index in [1.54, 1.807) is 6.92 Å². The van der Waals surface area contributed by atoms with E-state index >= 15 is 0 Å². The van der Waals surface area contributed by atoms with E-state index in [4.69, 9.17) is 0 Å². The fourth-order valence-corrected chi connectivity index (χ4v) is 3.74. The van der Waals surface area contributed by atoms with Gasteiger partial charge in [0.25, 0.3) is 5.91 Å². The van der Waals surface area contributed by atoms with E-state index in [1.807, 2.05) is 4.90 Å². The molecule has 2 saturated carbocycles. The van der Waals surface area contributed by atoms with Crippen molar-refractivity contribution in [1.82, 2.24) is 4.90 Å². The second kappa shape index (κ2) is 3.47. The van der Waals surface area contributed by atoms with Crippen LogP contribution in [0.3, 0.4) is 0 Å². The molecule has 0 bridgehead atoms. The zero-order valence-corrected chi connectivity index (χ0v) is 10.9. The highest BCUT2D eigenvalue weighted by Gasteiger charge is 2.53. The average Bonchev–Trinajstić information content (AvgIpc) is 3.00. The molecule has 0 aromatic heterocycles. The van der Waals surface area contributed by atoms with E-state index in [-0.39, 0.29) is 11.8 Å². The summed E-state index contributed by atoms with van der Waals surface area (Å²) in [7, 11) is 0. The molecule has 3 rings (SSSR count). The number of aliphatic hydroxyl groups is 1. The van der Waals surface area contributed by atoms with Gasteiger partial charge in [-0.05, 0) is 57.3 Å². The first-order chi connectivity index (χ1) is 7.95. The maximum atomic E-state index is 12.5. The predicted octanol–water partition coefficient (Wildman–Crippen LogP) is 1.94. The van der Waals surface area contributed by atoms with Gasteiger partial charge in [-0.15, -0.1) is 0 Å². The Kier molecular flexibility index (Phi) is 2.35. The number of carbonyl (C=O) groups is 1. The Morgan fingerprint density at radius 1 is 1.41 bits per heavy atom. The van der Waals surface area contributed by atoms with Crippen LogP contribution < -0.4 is 0 Å². The molecule has 2 aliphatic carbocycles. The molecule has 17 heavy (non-hydrogen) atoms. The van der Waals surface area contributed by atoms with Crippen LogP contribution in [0.1, 0.15) is 52.4 Å². The molecule has 0 aromatic rings. The van der Waals surface area contributed by atoms with Gasteiger partial charge >= 0.3 is 0 Å². The lowest BCUT2D eigenvalue weighted by Crippen LogP contribution is -2.50. The van der Waals surface area contributed by atoms with Crippen molar-refractivity contribution >= 4 is 5.91 Å². The molecule has 3 heteroatoms. The summed E-state index contributed by atoms with van der Waals surface area (Å²) >= 11 is 0. The monoisotopic (exact) mass is 237 g/mol. The molecule has 2 atom stereocenters. The molecule has 0 radical (unpaired) electrons. The molecule has 1 amide bonds. The van der Waals surface area contributed by atoms with Crippen LogP contribution in [-0.2, 0) is 4.79 Å². The van der Waals surface area contributed by atoms with Crippen molar-refractivity contribution in [2.24, 2.45) is 11.3 Å². The topological polar surface area (TPSA) is 40.5 Å². The lowest BCUT2D eigenvalue weighted by Gasteiger charge is -2.38. The Morgan fingerprint density at radius 3 is 2.47 bits per heavy atom. The molecule has 2 unspecified atom stereocenters. The summed E-state index contributed by atoms with van der Waals surface area (Å²) in [6.45, 7) is 4.73. The lowest BCUT2D eigenvalue weighted by atomic mass is 9.68. The maximum Gasteiger partial charge on any atom is 0.254 e. The SMILES string of the molecule is CC1CC2(CCC2)CN1C(=O)C(C)(O)C1CC1. The zero-order chi connectivity index (χ0) is 12.3. The Balaban J connectivity index is 1.73. The summed E-state index contributed by atoms with van der Waals surface area (Å²) in [6.07, 6.45) is 7.00. The third kappa shape index (κ3) is 1.70. The van der Waals surface area contributed by atoms with Crippen LogP contribution in [0.15, 0.2) is 0 Å². The number of hydrogen-bond donors (Lipinski definition) is 1. The highest BCUT2D eigenvalue weighted by Crippen LogP contribution is 2.51. The van der Waals surface area contributed by atoms with Gasteiger partial charge in [-0.3, -0.25) is 4.79 Å². The van der Waals surface area contributed by atoms with Gasteiger partial charge in [0.15, 0.2) is 0 Å². The van der Waals surface area contributed by atoms with E-state index in [1.165, 1.54) is 19.3 Å². The Morgan fingerprint density at radius 2 is 2.06 bits per heavy atom. The van der Waals surface area contributed by atoms with E-state index in [0.717, 1.165) is 25.8 Å². The van der Waals surface area contributed by atoms with Crippen molar-refractivity contribution in [1.29, 1.82) is 0 Å². The first-order valence-corrected chi connectivity index (χ1v) is 6.98. The van der Waals surface area contributed by atoms with Crippen LogP contribution >= 0.6 is 0 Å².